The second-order valence-electron chi connectivity index (χ2n) is 7.45. The molecule has 2 aromatic rings. The SMILES string of the molecule is O=C1NC2CCC(S(=O)(=O)ON3C(=O)c4cccc5cccc(c45)C3=O)CC2N1. The van der Waals surface area contributed by atoms with E-state index in [1.807, 2.05) is 0 Å². The molecular formula is C19H17N3O6S. The molecule has 1 saturated heterocycles. The highest BCUT2D eigenvalue weighted by atomic mass is 32.2. The van der Waals surface area contributed by atoms with Crippen LogP contribution in [-0.2, 0) is 14.4 Å². The van der Waals surface area contributed by atoms with Gasteiger partial charge in [-0.2, -0.15) is 8.42 Å². The van der Waals surface area contributed by atoms with Crippen molar-refractivity contribution < 1.29 is 27.1 Å². The van der Waals surface area contributed by atoms with E-state index in [0.29, 0.717) is 22.3 Å². The van der Waals surface area contributed by atoms with Crippen LogP contribution in [0.2, 0.25) is 0 Å². The van der Waals surface area contributed by atoms with Crippen molar-refractivity contribution in [2.45, 2.75) is 36.6 Å². The van der Waals surface area contributed by atoms with Crippen molar-refractivity contribution in [3.8, 4) is 0 Å². The van der Waals surface area contributed by atoms with Gasteiger partial charge in [0.25, 0.3) is 21.9 Å². The number of fused-ring (bicyclic) bond motifs is 1. The Hall–Kier alpha value is -2.98. The molecule has 3 aliphatic rings. The molecule has 0 radical (unpaired) electrons. The minimum absolute atomic E-state index is 0.128. The van der Waals surface area contributed by atoms with Crippen LogP contribution in [0.3, 0.4) is 0 Å². The summed E-state index contributed by atoms with van der Waals surface area (Å²) in [4.78, 5) is 37.2. The van der Waals surface area contributed by atoms with E-state index in [2.05, 4.69) is 10.6 Å². The Morgan fingerprint density at radius 1 is 0.897 bits per heavy atom. The van der Waals surface area contributed by atoms with E-state index in [1.54, 1.807) is 24.3 Å². The first-order chi connectivity index (χ1) is 13.8. The Bertz CT molecular complexity index is 1130. The first-order valence-electron chi connectivity index (χ1n) is 9.26. The molecule has 0 spiro atoms. The highest BCUT2D eigenvalue weighted by Crippen LogP contribution is 2.33. The number of carbonyl (C=O) groups is 3. The van der Waals surface area contributed by atoms with Gasteiger partial charge in [0, 0.05) is 5.39 Å². The van der Waals surface area contributed by atoms with Crippen molar-refractivity contribution in [3.05, 3.63) is 47.5 Å². The van der Waals surface area contributed by atoms with E-state index < -0.39 is 27.2 Å². The van der Waals surface area contributed by atoms with E-state index in [0.717, 1.165) is 0 Å². The topological polar surface area (TPSA) is 122 Å². The maximum atomic E-state index is 12.9. The van der Waals surface area contributed by atoms with Gasteiger partial charge in [-0.15, -0.1) is 9.35 Å². The molecule has 2 N–H and O–H groups in total. The van der Waals surface area contributed by atoms with Crippen molar-refractivity contribution in [2.75, 3.05) is 0 Å². The van der Waals surface area contributed by atoms with Gasteiger partial charge in [0.1, 0.15) is 0 Å². The Morgan fingerprint density at radius 2 is 1.52 bits per heavy atom. The fraction of sp³-hybridized carbons (Fsp3) is 0.316. The number of amides is 4. The van der Waals surface area contributed by atoms with Crippen molar-refractivity contribution in [1.29, 1.82) is 0 Å². The summed E-state index contributed by atoms with van der Waals surface area (Å²) >= 11 is 0. The Kier molecular flexibility index (Phi) is 3.90. The summed E-state index contributed by atoms with van der Waals surface area (Å²) in [5.41, 5.74) is 0.424. The van der Waals surface area contributed by atoms with Crippen LogP contribution >= 0.6 is 0 Å². The molecule has 150 valence electrons. The summed E-state index contributed by atoms with van der Waals surface area (Å²) < 4.78 is 30.8. The summed E-state index contributed by atoms with van der Waals surface area (Å²) in [6, 6.07) is 9.17. The molecule has 9 nitrogen and oxygen atoms in total. The molecule has 2 aromatic carbocycles. The largest absolute Gasteiger partial charge is 0.333 e. The number of hydrogen-bond donors (Lipinski definition) is 2. The van der Waals surface area contributed by atoms with Gasteiger partial charge in [0.2, 0.25) is 0 Å². The first-order valence-corrected chi connectivity index (χ1v) is 10.7. The van der Waals surface area contributed by atoms with Crippen LogP contribution in [0.1, 0.15) is 40.0 Å². The van der Waals surface area contributed by atoms with Gasteiger partial charge in [-0.05, 0) is 36.8 Å². The van der Waals surface area contributed by atoms with E-state index in [4.69, 9.17) is 4.28 Å². The molecule has 2 heterocycles. The Balaban J connectivity index is 1.44. The number of nitrogens with one attached hydrogen (secondary N) is 2. The lowest BCUT2D eigenvalue weighted by Crippen LogP contribution is -2.47. The third-order valence-electron chi connectivity index (χ3n) is 5.76. The highest BCUT2D eigenvalue weighted by Gasteiger charge is 2.45. The zero-order chi connectivity index (χ0) is 20.3. The zero-order valence-corrected chi connectivity index (χ0v) is 15.9. The zero-order valence-electron chi connectivity index (χ0n) is 15.1. The van der Waals surface area contributed by atoms with Gasteiger partial charge in [0.05, 0.1) is 28.5 Å². The predicted octanol–water partition coefficient (Wildman–Crippen LogP) is 1.30. The molecule has 29 heavy (non-hydrogen) atoms. The number of carbonyl (C=O) groups excluding carboxylic acids is 3. The second-order valence-corrected chi connectivity index (χ2v) is 9.25. The Morgan fingerprint density at radius 3 is 2.17 bits per heavy atom. The van der Waals surface area contributed by atoms with E-state index in [9.17, 15) is 22.8 Å². The van der Waals surface area contributed by atoms with Crippen LogP contribution in [0.25, 0.3) is 10.8 Å². The molecule has 0 bridgehead atoms. The average molecular weight is 415 g/mol. The smallest absolute Gasteiger partial charge is 0.315 e. The maximum Gasteiger partial charge on any atom is 0.315 e. The van der Waals surface area contributed by atoms with Gasteiger partial charge in [0.15, 0.2) is 0 Å². The molecule has 2 fully saturated rings. The summed E-state index contributed by atoms with van der Waals surface area (Å²) in [5, 5.41) is 6.04. The molecule has 1 aliphatic carbocycles. The molecule has 5 rings (SSSR count). The predicted molar refractivity (Wildman–Crippen MR) is 101 cm³/mol. The average Bonchev–Trinajstić information content (AvgIpc) is 3.08. The van der Waals surface area contributed by atoms with E-state index >= 15 is 0 Å². The van der Waals surface area contributed by atoms with Crippen LogP contribution in [0, 0.1) is 0 Å². The van der Waals surface area contributed by atoms with Gasteiger partial charge in [-0.25, -0.2) is 4.79 Å². The minimum atomic E-state index is -4.27. The fourth-order valence-electron chi connectivity index (χ4n) is 4.35. The number of nitrogens with zero attached hydrogens (tertiary/aromatic N) is 1. The number of imide groups is 1. The molecule has 3 atom stereocenters. The normalized spacial score (nSPS) is 26.3. The summed E-state index contributed by atoms with van der Waals surface area (Å²) in [6.45, 7) is 0. The maximum absolute atomic E-state index is 12.9. The monoisotopic (exact) mass is 415 g/mol. The van der Waals surface area contributed by atoms with Crippen LogP contribution in [0.15, 0.2) is 36.4 Å². The molecule has 1 saturated carbocycles. The van der Waals surface area contributed by atoms with E-state index in [1.165, 1.54) is 12.1 Å². The van der Waals surface area contributed by atoms with Crippen molar-refractivity contribution in [2.24, 2.45) is 0 Å². The third-order valence-corrected chi connectivity index (χ3v) is 7.36. The Labute approximate surface area is 166 Å². The second kappa shape index (κ2) is 6.26. The molecular weight excluding hydrogens is 398 g/mol. The van der Waals surface area contributed by atoms with Gasteiger partial charge < -0.3 is 10.6 Å². The van der Waals surface area contributed by atoms with Crippen molar-refractivity contribution >= 4 is 38.7 Å². The number of urea groups is 1. The molecule has 3 unspecified atom stereocenters. The lowest BCUT2D eigenvalue weighted by atomic mass is 9.91. The lowest BCUT2D eigenvalue weighted by Gasteiger charge is -2.31. The molecule has 4 amide bonds. The number of hydrogen-bond acceptors (Lipinski definition) is 6. The number of benzene rings is 2. The summed E-state index contributed by atoms with van der Waals surface area (Å²) in [5.74, 6) is -1.63. The summed E-state index contributed by atoms with van der Waals surface area (Å²) in [6.07, 6.45) is 0.864. The van der Waals surface area contributed by atoms with Crippen molar-refractivity contribution in [1.82, 2.24) is 15.7 Å². The molecule has 0 aromatic heterocycles. The summed E-state index contributed by atoms with van der Waals surface area (Å²) in [7, 11) is -4.27. The fourth-order valence-corrected chi connectivity index (χ4v) is 5.68. The number of hydroxylamine groups is 2. The van der Waals surface area contributed by atoms with Gasteiger partial charge in [-0.3, -0.25) is 9.59 Å². The lowest BCUT2D eigenvalue weighted by molar-refractivity contribution is -0.0166. The molecule has 2 aliphatic heterocycles. The van der Waals surface area contributed by atoms with Crippen LogP contribution in [0.5, 0.6) is 0 Å². The van der Waals surface area contributed by atoms with Crippen LogP contribution < -0.4 is 10.6 Å². The molecule has 10 heteroatoms. The van der Waals surface area contributed by atoms with Gasteiger partial charge in [-0.1, -0.05) is 24.3 Å². The standard InChI is InChI=1S/C19H17N3O6S/c23-17-12-5-1-3-10-4-2-6-13(16(10)12)18(24)22(17)28-29(26,27)11-7-8-14-15(9-11)21-19(25)20-14/h1-6,11,14-15H,7-9H2,(H2,20,21,25). The quantitative estimate of drug-likeness (QED) is 0.729. The van der Waals surface area contributed by atoms with Crippen LogP contribution in [0.4, 0.5) is 4.79 Å². The third kappa shape index (κ3) is 2.78. The number of rotatable bonds is 3. The van der Waals surface area contributed by atoms with Crippen molar-refractivity contribution in [3.63, 3.8) is 0 Å². The van der Waals surface area contributed by atoms with Gasteiger partial charge >= 0.3 is 6.03 Å². The van der Waals surface area contributed by atoms with E-state index in [-0.39, 0.29) is 42.1 Å². The first kappa shape index (κ1) is 18.1. The van der Waals surface area contributed by atoms with Crippen LogP contribution in [-0.4, -0.2) is 48.7 Å². The minimum Gasteiger partial charge on any atom is -0.333 e. The highest BCUT2D eigenvalue weighted by molar-refractivity contribution is 7.87.